The first-order valence-electron chi connectivity index (χ1n) is 12.9. The molecule has 3 aromatic carbocycles. The van der Waals surface area contributed by atoms with E-state index in [9.17, 15) is 13.2 Å². The van der Waals surface area contributed by atoms with Gasteiger partial charge in [-0.2, -0.15) is 23.0 Å². The van der Waals surface area contributed by atoms with Crippen LogP contribution < -0.4 is 10.2 Å². The third-order valence-electron chi connectivity index (χ3n) is 7.07. The maximum absolute atomic E-state index is 13.5. The van der Waals surface area contributed by atoms with Crippen molar-refractivity contribution in [2.24, 2.45) is 9.98 Å². The van der Waals surface area contributed by atoms with Gasteiger partial charge in [-0.05, 0) is 55.0 Å². The number of amidine groups is 2. The highest BCUT2D eigenvalue weighted by molar-refractivity contribution is 6.51. The van der Waals surface area contributed by atoms with Gasteiger partial charge in [0.25, 0.3) is 0 Å². The van der Waals surface area contributed by atoms with E-state index >= 15 is 0 Å². The maximum atomic E-state index is 13.5. The zero-order valence-electron chi connectivity index (χ0n) is 21.7. The van der Waals surface area contributed by atoms with Crippen LogP contribution in [0.4, 0.5) is 36.1 Å². The molecule has 0 unspecified atom stereocenters. The number of nitrogens with one attached hydrogen (secondary N) is 1. The molecule has 2 aliphatic rings. The summed E-state index contributed by atoms with van der Waals surface area (Å²) >= 11 is 0. The lowest BCUT2D eigenvalue weighted by Crippen LogP contribution is -2.46. The van der Waals surface area contributed by atoms with Gasteiger partial charge < -0.3 is 10.2 Å². The second kappa shape index (κ2) is 9.44. The van der Waals surface area contributed by atoms with Gasteiger partial charge in [0, 0.05) is 17.4 Å². The Balaban J connectivity index is 1.46. The molecule has 2 aromatic heterocycles. The standard InChI is InChI=1S/C31H22F3N7/c1-19-26-27(20-10-3-2-4-11-20)40-24-15-6-5-14-23(24)37-28(36-22-13-9-12-21(18-22)31(32,33)34)30(40)38-29(26)41(39-19)25-16-7-8-17-35-25/h2-18,27H,1H3,(H,36,37)/t27-/m0/s1. The molecule has 1 atom stereocenters. The number of hydrogen-bond acceptors (Lipinski definition) is 6. The number of aromatic nitrogens is 3. The largest absolute Gasteiger partial charge is 0.416 e. The summed E-state index contributed by atoms with van der Waals surface area (Å²) in [5.41, 5.74) is 3.67. The first-order chi connectivity index (χ1) is 19.9. The van der Waals surface area contributed by atoms with Gasteiger partial charge in [0.1, 0.15) is 0 Å². The van der Waals surface area contributed by atoms with Crippen molar-refractivity contribution < 1.29 is 13.2 Å². The fourth-order valence-electron chi connectivity index (χ4n) is 5.30. The lowest BCUT2D eigenvalue weighted by Gasteiger charge is -2.40. The summed E-state index contributed by atoms with van der Waals surface area (Å²) in [7, 11) is 0. The summed E-state index contributed by atoms with van der Waals surface area (Å²) in [4.78, 5) is 16.5. The second-order valence-corrected chi connectivity index (χ2v) is 9.69. The summed E-state index contributed by atoms with van der Waals surface area (Å²) < 4.78 is 42.3. The summed E-state index contributed by atoms with van der Waals surface area (Å²) in [5.74, 6) is 1.96. The van der Waals surface area contributed by atoms with Gasteiger partial charge in [-0.1, -0.05) is 54.6 Å². The van der Waals surface area contributed by atoms with Crippen LogP contribution in [0.1, 0.15) is 28.4 Å². The highest BCUT2D eigenvalue weighted by atomic mass is 19.4. The minimum absolute atomic E-state index is 0.247. The van der Waals surface area contributed by atoms with E-state index in [4.69, 9.17) is 15.1 Å². The molecule has 2 aliphatic heterocycles. The quantitative estimate of drug-likeness (QED) is 0.255. The third kappa shape index (κ3) is 4.24. The van der Waals surface area contributed by atoms with Crippen molar-refractivity contribution in [3.05, 3.63) is 126 Å². The molecule has 4 heterocycles. The van der Waals surface area contributed by atoms with Crippen LogP contribution >= 0.6 is 0 Å². The van der Waals surface area contributed by atoms with Gasteiger partial charge in [0.15, 0.2) is 23.3 Å². The van der Waals surface area contributed by atoms with Crippen molar-refractivity contribution in [1.82, 2.24) is 14.8 Å². The Morgan fingerprint density at radius 2 is 1.61 bits per heavy atom. The molecule has 0 amide bonds. The Bertz CT molecular complexity index is 1830. The van der Waals surface area contributed by atoms with Crippen molar-refractivity contribution in [2.75, 3.05) is 10.2 Å². The molecular formula is C31H22F3N7. The maximum Gasteiger partial charge on any atom is 0.416 e. The summed E-state index contributed by atoms with van der Waals surface area (Å²) in [6, 6.07) is 27.9. The number of pyridine rings is 1. The highest BCUT2D eigenvalue weighted by Crippen LogP contribution is 2.48. The zero-order chi connectivity index (χ0) is 28.1. The SMILES string of the molecule is Cc1nn(-c2ccccn2)c2c1[C@H](c1ccccc1)N1C(=N2)C(Nc2cccc(C(F)(F)F)c2)=Nc2ccccc21. The normalized spacial score (nSPS) is 15.8. The molecule has 10 heteroatoms. The van der Waals surface area contributed by atoms with Gasteiger partial charge in [0.2, 0.25) is 0 Å². The number of hydrogen-bond donors (Lipinski definition) is 1. The summed E-state index contributed by atoms with van der Waals surface area (Å²) in [5, 5.41) is 7.97. The lowest BCUT2D eigenvalue weighted by molar-refractivity contribution is -0.137. The number of anilines is 2. The average molecular weight is 550 g/mol. The summed E-state index contributed by atoms with van der Waals surface area (Å²) in [6.45, 7) is 1.94. The average Bonchev–Trinajstić information content (AvgIpc) is 3.32. The van der Waals surface area contributed by atoms with E-state index in [0.29, 0.717) is 29.0 Å². The number of fused-ring (bicyclic) bond motifs is 4. The molecule has 0 radical (unpaired) electrons. The second-order valence-electron chi connectivity index (χ2n) is 9.69. The predicted molar refractivity (Wildman–Crippen MR) is 153 cm³/mol. The van der Waals surface area contributed by atoms with Crippen LogP contribution in [0.2, 0.25) is 0 Å². The van der Waals surface area contributed by atoms with Crippen LogP contribution in [0.3, 0.4) is 0 Å². The van der Waals surface area contributed by atoms with Crippen molar-refractivity contribution in [3.8, 4) is 5.82 Å². The number of halogens is 3. The fourth-order valence-corrected chi connectivity index (χ4v) is 5.30. The van der Waals surface area contributed by atoms with Gasteiger partial charge in [-0.3, -0.25) is 0 Å². The Morgan fingerprint density at radius 3 is 2.39 bits per heavy atom. The molecule has 0 bridgehead atoms. The van der Waals surface area contributed by atoms with E-state index in [2.05, 4.69) is 15.2 Å². The summed E-state index contributed by atoms with van der Waals surface area (Å²) in [6.07, 6.45) is -2.79. The molecule has 41 heavy (non-hydrogen) atoms. The van der Waals surface area contributed by atoms with Crippen LogP contribution in [-0.2, 0) is 6.18 Å². The van der Waals surface area contributed by atoms with Gasteiger partial charge in [0.05, 0.1) is 28.7 Å². The van der Waals surface area contributed by atoms with E-state index in [0.717, 1.165) is 34.6 Å². The molecular weight excluding hydrogens is 527 g/mol. The number of alkyl halides is 3. The van der Waals surface area contributed by atoms with Gasteiger partial charge >= 0.3 is 6.18 Å². The number of aliphatic imine (C=N–C) groups is 2. The van der Waals surface area contributed by atoms with Gasteiger partial charge in [-0.25, -0.2) is 15.0 Å². The Kier molecular flexibility index (Phi) is 5.70. The molecule has 0 fully saturated rings. The monoisotopic (exact) mass is 549 g/mol. The minimum Gasteiger partial charge on any atom is -0.337 e. The van der Waals surface area contributed by atoms with Crippen molar-refractivity contribution >= 4 is 34.6 Å². The van der Waals surface area contributed by atoms with Crippen LogP contribution in [0.5, 0.6) is 0 Å². The minimum atomic E-state index is -4.48. The Hall–Kier alpha value is -5.25. The fraction of sp³-hybridized carbons (Fsp3) is 0.0968. The third-order valence-corrected chi connectivity index (χ3v) is 7.07. The molecule has 0 saturated heterocycles. The molecule has 0 aliphatic carbocycles. The number of nitrogens with zero attached hydrogens (tertiary/aromatic N) is 6. The van der Waals surface area contributed by atoms with E-state index < -0.39 is 11.7 Å². The van der Waals surface area contributed by atoms with E-state index in [-0.39, 0.29) is 11.7 Å². The molecule has 7 rings (SSSR count). The van der Waals surface area contributed by atoms with Crippen molar-refractivity contribution in [3.63, 3.8) is 0 Å². The van der Waals surface area contributed by atoms with E-state index in [1.807, 2.05) is 79.7 Å². The van der Waals surface area contributed by atoms with E-state index in [1.54, 1.807) is 16.9 Å². The Morgan fingerprint density at radius 1 is 0.829 bits per heavy atom. The molecule has 1 N–H and O–H groups in total. The van der Waals surface area contributed by atoms with Gasteiger partial charge in [-0.15, -0.1) is 0 Å². The molecule has 202 valence electrons. The van der Waals surface area contributed by atoms with Crippen LogP contribution in [0, 0.1) is 6.92 Å². The van der Waals surface area contributed by atoms with Crippen LogP contribution in [0.25, 0.3) is 5.82 Å². The van der Waals surface area contributed by atoms with Crippen LogP contribution in [0.15, 0.2) is 113 Å². The molecule has 0 saturated carbocycles. The molecule has 7 nitrogen and oxygen atoms in total. The number of aryl methyl sites for hydroxylation is 1. The number of benzene rings is 3. The lowest BCUT2D eigenvalue weighted by atomic mass is 9.93. The number of rotatable bonds is 3. The first kappa shape index (κ1) is 24.8. The Labute approximate surface area is 233 Å². The smallest absolute Gasteiger partial charge is 0.337 e. The highest BCUT2D eigenvalue weighted by Gasteiger charge is 2.41. The van der Waals surface area contributed by atoms with Crippen molar-refractivity contribution in [2.45, 2.75) is 19.1 Å². The van der Waals surface area contributed by atoms with E-state index in [1.165, 1.54) is 6.07 Å². The topological polar surface area (TPSA) is 70.7 Å². The molecule has 5 aromatic rings. The first-order valence-corrected chi connectivity index (χ1v) is 12.9. The predicted octanol–water partition coefficient (Wildman–Crippen LogP) is 7.39. The zero-order valence-corrected chi connectivity index (χ0v) is 21.7. The van der Waals surface area contributed by atoms with Crippen molar-refractivity contribution in [1.29, 1.82) is 0 Å². The number of para-hydroxylation sites is 2. The van der Waals surface area contributed by atoms with Crippen LogP contribution in [-0.4, -0.2) is 26.4 Å². The molecule has 0 spiro atoms.